The smallest absolute Gasteiger partial charge is 0.383 e. The van der Waals surface area contributed by atoms with Gasteiger partial charge in [-0.3, -0.25) is 4.52 Å². The molecule has 0 spiro atoms. The van der Waals surface area contributed by atoms with Gasteiger partial charge in [0.1, 0.15) is 30.1 Å². The Morgan fingerprint density at radius 3 is 2.56 bits per heavy atom. The third-order valence-electron chi connectivity index (χ3n) is 4.56. The Labute approximate surface area is 208 Å². The molecule has 8 N–H and O–H groups in total. The largest absolute Gasteiger partial charge is 0.490 e. The molecule has 0 aromatic carbocycles. The summed E-state index contributed by atoms with van der Waals surface area (Å²) in [6.07, 6.45) is 0.526. The Hall–Kier alpha value is -1.38. The molecule has 2 unspecified atom stereocenters. The second kappa shape index (κ2) is 11.6. The van der Waals surface area contributed by atoms with Gasteiger partial charge in [-0.05, 0) is 0 Å². The summed E-state index contributed by atoms with van der Waals surface area (Å²) in [5.74, 6) is 5.71. The topological polar surface area (TPSA) is 261 Å². The van der Waals surface area contributed by atoms with Gasteiger partial charge in [0, 0.05) is 12.6 Å². The van der Waals surface area contributed by atoms with Crippen molar-refractivity contribution in [3.63, 3.8) is 0 Å². The summed E-state index contributed by atoms with van der Waals surface area (Å²) in [5, 5.41) is 0.463. The summed E-state index contributed by atoms with van der Waals surface area (Å²) in [6.45, 7) is -0.602. The molecule has 3 heterocycles. The van der Waals surface area contributed by atoms with Gasteiger partial charge in [0.15, 0.2) is 0 Å². The van der Waals surface area contributed by atoms with E-state index in [9.17, 15) is 23.5 Å². The molecule has 1 saturated heterocycles. The van der Waals surface area contributed by atoms with Crippen LogP contribution in [0.25, 0.3) is 11.0 Å². The number of ether oxygens (including phenoxy) is 2. The lowest BCUT2D eigenvalue weighted by Crippen LogP contribution is -2.28. The summed E-state index contributed by atoms with van der Waals surface area (Å²) >= 11 is 4.01. The van der Waals surface area contributed by atoms with E-state index in [0.29, 0.717) is 16.6 Å². The van der Waals surface area contributed by atoms with Crippen molar-refractivity contribution in [3.05, 3.63) is 18.1 Å². The number of nitrogens with two attached hydrogens (primary N) is 2. The molecule has 2 aromatic rings. The van der Waals surface area contributed by atoms with Crippen LogP contribution in [0.3, 0.4) is 0 Å². The molecule has 2 aromatic heterocycles. The zero-order chi connectivity index (χ0) is 26.7. The SMILES string of the molecule is NCC#Cc1cn([C@H]2C[C@@H](OCS)[C@@H](COP(=O)(O)OP(=O)(O)OP(=O)(O)O)O2)c2ncnc(N)c12. The minimum atomic E-state index is -5.66. The van der Waals surface area contributed by atoms with Crippen LogP contribution < -0.4 is 11.5 Å². The number of phosphoric acid groups is 3. The molecule has 21 heteroatoms. The van der Waals surface area contributed by atoms with Crippen LogP contribution in [0.15, 0.2) is 12.5 Å². The van der Waals surface area contributed by atoms with E-state index >= 15 is 0 Å². The molecule has 0 radical (unpaired) electrons. The number of rotatable bonds is 10. The molecule has 200 valence electrons. The molecular weight excluding hydrogens is 567 g/mol. The van der Waals surface area contributed by atoms with Crippen LogP contribution in [0, 0.1) is 11.8 Å². The van der Waals surface area contributed by atoms with E-state index in [1.54, 1.807) is 10.8 Å². The zero-order valence-corrected chi connectivity index (χ0v) is 21.6. The molecule has 1 aliphatic heterocycles. The van der Waals surface area contributed by atoms with Crippen LogP contribution in [0.4, 0.5) is 5.82 Å². The molecular formula is C15H22N5O12P3S. The standard InChI is InChI=1S/C15H22N5O12P3S/c16-3-1-2-9-5-20(15-13(9)14(17)18-7-19-15)12-4-10(28-8-36)11(30-12)6-29-34(24,25)32-35(26,27)31-33(21,22)23/h5,7,10-12,36H,3-4,6,8,16H2,(H,24,25)(H,26,27)(H2,17,18,19)(H2,21,22,23)/t10-,11-,12-/m1/s1. The lowest BCUT2D eigenvalue weighted by Gasteiger charge is -2.20. The normalized spacial score (nSPS) is 23.7. The molecule has 0 saturated carbocycles. The lowest BCUT2D eigenvalue weighted by molar-refractivity contribution is -0.0520. The Morgan fingerprint density at radius 1 is 1.19 bits per heavy atom. The second-order valence-corrected chi connectivity index (χ2v) is 11.7. The number of fused-ring (bicyclic) bond motifs is 1. The highest BCUT2D eigenvalue weighted by molar-refractivity contribution is 7.80. The number of aromatic nitrogens is 3. The van der Waals surface area contributed by atoms with E-state index in [1.807, 2.05) is 0 Å². The van der Waals surface area contributed by atoms with Gasteiger partial charge in [0.05, 0.1) is 36.1 Å². The summed E-state index contributed by atoms with van der Waals surface area (Å²) in [6, 6.07) is 0. The van der Waals surface area contributed by atoms with Crippen molar-refractivity contribution in [2.45, 2.75) is 24.9 Å². The Balaban J connectivity index is 1.80. The van der Waals surface area contributed by atoms with Crippen molar-refractivity contribution >= 4 is 52.9 Å². The van der Waals surface area contributed by atoms with Gasteiger partial charge < -0.3 is 45.1 Å². The molecule has 5 atom stereocenters. The van der Waals surface area contributed by atoms with E-state index < -0.39 is 48.5 Å². The first-order valence-electron chi connectivity index (χ1n) is 9.71. The summed E-state index contributed by atoms with van der Waals surface area (Å²) in [5.41, 5.74) is 12.3. The maximum absolute atomic E-state index is 12.1. The number of hydrogen-bond donors (Lipinski definition) is 7. The average molecular weight is 589 g/mol. The molecule has 36 heavy (non-hydrogen) atoms. The van der Waals surface area contributed by atoms with Crippen LogP contribution in [0.2, 0.25) is 0 Å². The fraction of sp³-hybridized carbons (Fsp3) is 0.467. The third-order valence-corrected chi connectivity index (χ3v) is 8.51. The van der Waals surface area contributed by atoms with Crippen molar-refractivity contribution in [1.82, 2.24) is 14.5 Å². The predicted molar refractivity (Wildman–Crippen MR) is 125 cm³/mol. The maximum atomic E-state index is 12.1. The highest BCUT2D eigenvalue weighted by Crippen LogP contribution is 2.66. The minimum absolute atomic E-state index is 0.0543. The number of nitrogens with zero attached hydrogens (tertiary/aromatic N) is 3. The maximum Gasteiger partial charge on any atom is 0.490 e. The second-order valence-electron chi connectivity index (χ2n) is 7.00. The van der Waals surface area contributed by atoms with Crippen molar-refractivity contribution in [2.75, 3.05) is 24.8 Å². The number of anilines is 1. The Morgan fingerprint density at radius 2 is 1.92 bits per heavy atom. The van der Waals surface area contributed by atoms with E-state index in [1.165, 1.54) is 6.33 Å². The van der Waals surface area contributed by atoms with E-state index in [4.69, 9.17) is 35.3 Å². The molecule has 17 nitrogen and oxygen atoms in total. The third kappa shape index (κ3) is 7.57. The Kier molecular flexibility index (Phi) is 9.37. The van der Waals surface area contributed by atoms with Gasteiger partial charge in [-0.25, -0.2) is 23.7 Å². The molecule has 0 aliphatic carbocycles. The molecule has 0 bridgehead atoms. The summed E-state index contributed by atoms with van der Waals surface area (Å²) < 4.78 is 59.5. The van der Waals surface area contributed by atoms with Gasteiger partial charge >= 0.3 is 23.5 Å². The van der Waals surface area contributed by atoms with Crippen LogP contribution in [-0.2, 0) is 36.3 Å². The molecule has 1 fully saturated rings. The fourth-order valence-corrected chi connectivity index (χ4v) is 6.55. The molecule has 1 aliphatic rings. The molecule has 3 rings (SSSR count). The van der Waals surface area contributed by atoms with Crippen LogP contribution in [-0.4, -0.2) is 65.4 Å². The van der Waals surface area contributed by atoms with Gasteiger partial charge in [-0.1, -0.05) is 11.8 Å². The van der Waals surface area contributed by atoms with Crippen molar-refractivity contribution in [2.24, 2.45) is 5.73 Å². The number of phosphoric ester groups is 1. The fourth-order valence-electron chi connectivity index (χ4n) is 3.33. The lowest BCUT2D eigenvalue weighted by atomic mass is 10.2. The van der Waals surface area contributed by atoms with Gasteiger partial charge in [0.25, 0.3) is 0 Å². The van der Waals surface area contributed by atoms with E-state index in [0.717, 1.165) is 0 Å². The number of thiol groups is 1. The van der Waals surface area contributed by atoms with Gasteiger partial charge in [-0.2, -0.15) is 21.3 Å². The molecule has 0 amide bonds. The first kappa shape index (κ1) is 29.2. The zero-order valence-electron chi connectivity index (χ0n) is 18.1. The van der Waals surface area contributed by atoms with Crippen LogP contribution in [0.5, 0.6) is 0 Å². The van der Waals surface area contributed by atoms with Crippen molar-refractivity contribution < 1.29 is 55.9 Å². The summed E-state index contributed by atoms with van der Waals surface area (Å²) in [7, 11) is -16.5. The van der Waals surface area contributed by atoms with Crippen molar-refractivity contribution in [1.29, 1.82) is 0 Å². The van der Waals surface area contributed by atoms with E-state index in [2.05, 4.69) is 43.1 Å². The Bertz CT molecular complexity index is 1310. The highest BCUT2D eigenvalue weighted by Gasteiger charge is 2.43. The van der Waals surface area contributed by atoms with Crippen molar-refractivity contribution in [3.8, 4) is 11.8 Å². The summed E-state index contributed by atoms with van der Waals surface area (Å²) in [4.78, 5) is 44.4. The van der Waals surface area contributed by atoms with Gasteiger partial charge in [-0.15, -0.1) is 0 Å². The number of hydrogen-bond acceptors (Lipinski definition) is 13. The van der Waals surface area contributed by atoms with Gasteiger partial charge in [0.2, 0.25) is 0 Å². The first-order valence-corrected chi connectivity index (χ1v) is 14.9. The number of nitrogen functional groups attached to an aromatic ring is 1. The van der Waals surface area contributed by atoms with Crippen LogP contribution >= 0.6 is 36.1 Å². The predicted octanol–water partition coefficient (Wildman–Crippen LogP) is 0.227. The first-order chi connectivity index (χ1) is 16.8. The minimum Gasteiger partial charge on any atom is -0.383 e. The highest BCUT2D eigenvalue weighted by atomic mass is 32.1. The quantitative estimate of drug-likeness (QED) is 0.0846. The monoisotopic (exact) mass is 589 g/mol. The average Bonchev–Trinajstić information content (AvgIpc) is 3.30. The van der Waals surface area contributed by atoms with Crippen LogP contribution in [0.1, 0.15) is 18.2 Å². The van der Waals surface area contributed by atoms with E-state index in [-0.39, 0.29) is 24.7 Å².